The molecule has 0 saturated heterocycles. The second-order valence-corrected chi connectivity index (χ2v) is 3.89. The minimum Gasteiger partial charge on any atom is -0.467 e. The number of pyridine rings is 1. The molecule has 7 nitrogen and oxygen atoms in total. The molecule has 0 aromatic carbocycles. The van der Waals surface area contributed by atoms with Crippen LogP contribution in [0.5, 0.6) is 0 Å². The average Bonchev–Trinajstić information content (AvgIpc) is 2.35. The number of esters is 1. The number of methoxy groups -OCH3 is 1. The molecular weight excluding hydrogens is 262 g/mol. The summed E-state index contributed by atoms with van der Waals surface area (Å²) in [5.74, 6) is -0.500. The maximum absolute atomic E-state index is 11.4. The molecule has 0 fully saturated rings. The van der Waals surface area contributed by atoms with Gasteiger partial charge < -0.3 is 9.64 Å². The number of nitro groups is 1. The van der Waals surface area contributed by atoms with Gasteiger partial charge in [0.2, 0.25) is 5.15 Å². The molecule has 0 aliphatic rings. The highest BCUT2D eigenvalue weighted by Crippen LogP contribution is 2.33. The topological polar surface area (TPSA) is 85.6 Å². The maximum Gasteiger partial charge on any atom is 0.329 e. The number of ether oxygens (including phenoxy) is 1. The Morgan fingerprint density at radius 2 is 2.28 bits per heavy atom. The van der Waals surface area contributed by atoms with Gasteiger partial charge in [0.15, 0.2) is 0 Å². The summed E-state index contributed by atoms with van der Waals surface area (Å²) >= 11 is 5.69. The van der Waals surface area contributed by atoms with Gasteiger partial charge in [-0.2, -0.15) is 0 Å². The zero-order valence-electron chi connectivity index (χ0n) is 10.1. The van der Waals surface area contributed by atoms with E-state index in [1.807, 2.05) is 0 Å². The molecule has 98 valence electrons. The normalized spacial score (nSPS) is 11.8. The molecule has 0 spiro atoms. The lowest BCUT2D eigenvalue weighted by Crippen LogP contribution is -2.37. The van der Waals surface area contributed by atoms with Crippen molar-refractivity contribution in [2.24, 2.45) is 0 Å². The van der Waals surface area contributed by atoms with Crippen LogP contribution in [0.2, 0.25) is 5.15 Å². The van der Waals surface area contributed by atoms with Gasteiger partial charge in [-0.3, -0.25) is 10.1 Å². The molecule has 0 aliphatic carbocycles. The van der Waals surface area contributed by atoms with Gasteiger partial charge in [-0.1, -0.05) is 11.6 Å². The third-order valence-corrected chi connectivity index (χ3v) is 2.82. The van der Waals surface area contributed by atoms with E-state index in [1.165, 1.54) is 24.3 Å². The number of hydrogen-bond donors (Lipinski definition) is 0. The molecular formula is C10H12ClN3O4. The molecule has 1 atom stereocenters. The minimum absolute atomic E-state index is 0.206. The van der Waals surface area contributed by atoms with Gasteiger partial charge in [0.05, 0.1) is 12.0 Å². The molecule has 1 rings (SSSR count). The quantitative estimate of drug-likeness (QED) is 0.359. The van der Waals surface area contributed by atoms with E-state index in [4.69, 9.17) is 11.6 Å². The fourth-order valence-corrected chi connectivity index (χ4v) is 1.63. The number of carbonyl (C=O) groups excluding carboxylic acids is 1. The number of hydrogen-bond acceptors (Lipinski definition) is 6. The number of rotatable bonds is 4. The van der Waals surface area contributed by atoms with Gasteiger partial charge in [-0.05, 0) is 13.0 Å². The Morgan fingerprint density at radius 1 is 1.67 bits per heavy atom. The van der Waals surface area contributed by atoms with Crippen molar-refractivity contribution < 1.29 is 14.5 Å². The fraction of sp³-hybridized carbons (Fsp3) is 0.400. The lowest BCUT2D eigenvalue weighted by atomic mass is 10.2. The first-order valence-corrected chi connectivity index (χ1v) is 5.37. The van der Waals surface area contributed by atoms with Crippen LogP contribution in [0.3, 0.4) is 0 Å². The second-order valence-electron chi connectivity index (χ2n) is 3.54. The average molecular weight is 274 g/mol. The van der Waals surface area contributed by atoms with Crippen LogP contribution in [0.25, 0.3) is 0 Å². The summed E-state index contributed by atoms with van der Waals surface area (Å²) in [6, 6.07) is 0.746. The summed E-state index contributed by atoms with van der Waals surface area (Å²) in [7, 11) is 2.79. The van der Waals surface area contributed by atoms with Crippen molar-refractivity contribution in [2.75, 3.05) is 19.1 Å². The molecule has 0 bridgehead atoms. The highest BCUT2D eigenvalue weighted by atomic mass is 35.5. The van der Waals surface area contributed by atoms with Crippen molar-refractivity contribution in [3.63, 3.8) is 0 Å². The van der Waals surface area contributed by atoms with Gasteiger partial charge in [0.1, 0.15) is 11.7 Å². The van der Waals surface area contributed by atoms with E-state index in [2.05, 4.69) is 9.72 Å². The standard InChI is InChI=1S/C10H12ClN3O4/c1-6(10(15)18-3)13(2)7-4-5-12-9(11)8(7)14(16)17/h4-6H,1-3H3. The number of halogens is 1. The van der Waals surface area contributed by atoms with Crippen molar-refractivity contribution >= 4 is 28.9 Å². The molecule has 0 saturated carbocycles. The first kappa shape index (κ1) is 14.2. The molecule has 0 radical (unpaired) electrons. The Hall–Kier alpha value is -1.89. The van der Waals surface area contributed by atoms with E-state index in [0.717, 1.165) is 0 Å². The van der Waals surface area contributed by atoms with Crippen molar-refractivity contribution in [1.29, 1.82) is 0 Å². The summed E-state index contributed by atoms with van der Waals surface area (Å²) in [6.07, 6.45) is 1.34. The molecule has 8 heteroatoms. The largest absolute Gasteiger partial charge is 0.467 e. The molecule has 0 amide bonds. The lowest BCUT2D eigenvalue weighted by molar-refractivity contribution is -0.384. The first-order valence-electron chi connectivity index (χ1n) is 4.99. The number of nitrogens with zero attached hydrogens (tertiary/aromatic N) is 3. The summed E-state index contributed by atoms with van der Waals surface area (Å²) in [5.41, 5.74) is -0.129. The number of carbonyl (C=O) groups is 1. The Labute approximate surface area is 108 Å². The van der Waals surface area contributed by atoms with Crippen LogP contribution in [0, 0.1) is 10.1 Å². The molecule has 1 unspecified atom stereocenters. The number of likely N-dealkylation sites (N-methyl/N-ethyl adjacent to an activating group) is 1. The van der Waals surface area contributed by atoms with Crippen LogP contribution < -0.4 is 4.90 Å². The highest BCUT2D eigenvalue weighted by Gasteiger charge is 2.27. The Balaban J connectivity index is 3.21. The number of aromatic nitrogens is 1. The first-order chi connectivity index (χ1) is 8.40. The Kier molecular flexibility index (Phi) is 4.43. The van der Waals surface area contributed by atoms with Crippen LogP contribution in [0.15, 0.2) is 12.3 Å². The van der Waals surface area contributed by atoms with Gasteiger partial charge >= 0.3 is 11.7 Å². The van der Waals surface area contributed by atoms with Crippen LogP contribution >= 0.6 is 11.6 Å². The third-order valence-electron chi connectivity index (χ3n) is 2.54. The van der Waals surface area contributed by atoms with Gasteiger partial charge in [-0.15, -0.1) is 0 Å². The Bertz CT molecular complexity index is 480. The highest BCUT2D eigenvalue weighted by molar-refractivity contribution is 6.32. The van der Waals surface area contributed by atoms with Crippen LogP contribution in [0.4, 0.5) is 11.4 Å². The molecule has 1 aromatic rings. The summed E-state index contributed by atoms with van der Waals surface area (Å²) in [4.78, 5) is 26.8. The van der Waals surface area contributed by atoms with E-state index in [0.29, 0.717) is 0 Å². The summed E-state index contributed by atoms with van der Waals surface area (Å²) < 4.78 is 4.59. The van der Waals surface area contributed by atoms with E-state index in [9.17, 15) is 14.9 Å². The van der Waals surface area contributed by atoms with Crippen molar-refractivity contribution in [1.82, 2.24) is 4.98 Å². The molecule has 1 aromatic heterocycles. The van der Waals surface area contributed by atoms with E-state index in [-0.39, 0.29) is 16.5 Å². The van der Waals surface area contributed by atoms with Crippen molar-refractivity contribution in [3.8, 4) is 0 Å². The molecule has 1 heterocycles. The van der Waals surface area contributed by atoms with Crippen molar-refractivity contribution in [3.05, 3.63) is 27.5 Å². The summed E-state index contributed by atoms with van der Waals surface area (Å²) in [5, 5.41) is 10.7. The van der Waals surface area contributed by atoms with E-state index in [1.54, 1.807) is 14.0 Å². The Morgan fingerprint density at radius 3 is 2.78 bits per heavy atom. The SMILES string of the molecule is COC(=O)C(C)N(C)c1ccnc(Cl)c1[N+](=O)[O-]. The predicted octanol–water partition coefficient (Wildman–Crippen LogP) is 1.64. The van der Waals surface area contributed by atoms with Gasteiger partial charge in [-0.25, -0.2) is 9.78 Å². The fourth-order valence-electron chi connectivity index (χ4n) is 1.41. The molecule has 0 N–H and O–H groups in total. The molecule has 18 heavy (non-hydrogen) atoms. The van der Waals surface area contributed by atoms with Gasteiger partial charge in [0.25, 0.3) is 0 Å². The minimum atomic E-state index is -0.674. The summed E-state index contributed by atoms with van der Waals surface area (Å²) in [6.45, 7) is 1.57. The van der Waals surface area contributed by atoms with Crippen LogP contribution in [0.1, 0.15) is 6.92 Å². The predicted molar refractivity (Wildman–Crippen MR) is 65.8 cm³/mol. The molecule has 0 aliphatic heterocycles. The van der Waals surface area contributed by atoms with E-state index < -0.39 is 16.9 Å². The zero-order valence-corrected chi connectivity index (χ0v) is 10.8. The third kappa shape index (κ3) is 2.67. The van der Waals surface area contributed by atoms with Gasteiger partial charge in [0, 0.05) is 13.2 Å². The maximum atomic E-state index is 11.4. The smallest absolute Gasteiger partial charge is 0.329 e. The lowest BCUT2D eigenvalue weighted by Gasteiger charge is -2.24. The van der Waals surface area contributed by atoms with E-state index >= 15 is 0 Å². The number of anilines is 1. The van der Waals surface area contributed by atoms with Crippen LogP contribution in [-0.4, -0.2) is 36.1 Å². The van der Waals surface area contributed by atoms with Crippen LogP contribution in [-0.2, 0) is 9.53 Å². The van der Waals surface area contributed by atoms with Crippen molar-refractivity contribution in [2.45, 2.75) is 13.0 Å². The second kappa shape index (κ2) is 5.63. The monoisotopic (exact) mass is 273 g/mol. The zero-order chi connectivity index (χ0) is 13.9.